The first-order valence-electron chi connectivity index (χ1n) is 11.3. The normalized spacial score (nSPS) is 15.1. The lowest BCUT2D eigenvalue weighted by atomic mass is 9.89. The Bertz CT molecular complexity index is 1080. The van der Waals surface area contributed by atoms with Crippen molar-refractivity contribution in [2.45, 2.75) is 56.2 Å². The van der Waals surface area contributed by atoms with Gasteiger partial charge in [-0.1, -0.05) is 73.5 Å². The Morgan fingerprint density at radius 1 is 1.03 bits per heavy atom. The van der Waals surface area contributed by atoms with Crippen LogP contribution < -0.4 is 10.6 Å². The van der Waals surface area contributed by atoms with Crippen molar-refractivity contribution in [1.82, 2.24) is 15.5 Å². The van der Waals surface area contributed by atoms with Crippen molar-refractivity contribution < 1.29 is 14.0 Å². The van der Waals surface area contributed by atoms with E-state index in [0.717, 1.165) is 18.4 Å². The first kappa shape index (κ1) is 23.0. The van der Waals surface area contributed by atoms with Gasteiger partial charge in [0.2, 0.25) is 11.8 Å². The van der Waals surface area contributed by atoms with E-state index in [4.69, 9.17) is 4.42 Å². The molecule has 0 spiro atoms. The molecule has 8 heteroatoms. The Morgan fingerprint density at radius 3 is 2.55 bits per heavy atom. The van der Waals surface area contributed by atoms with Crippen molar-refractivity contribution >= 4 is 29.3 Å². The van der Waals surface area contributed by atoms with Gasteiger partial charge in [-0.3, -0.25) is 9.59 Å². The third-order valence-corrected chi connectivity index (χ3v) is 6.61. The lowest BCUT2D eigenvalue weighted by Crippen LogP contribution is -2.28. The predicted octanol–water partition coefficient (Wildman–Crippen LogP) is 5.34. The van der Waals surface area contributed by atoms with Crippen LogP contribution in [0.15, 0.2) is 64.2 Å². The zero-order valence-electron chi connectivity index (χ0n) is 18.6. The Balaban J connectivity index is 1.33. The molecule has 1 saturated carbocycles. The summed E-state index contributed by atoms with van der Waals surface area (Å²) in [6.07, 6.45) is 5.80. The van der Waals surface area contributed by atoms with Gasteiger partial charge in [-0.15, -0.1) is 10.2 Å². The van der Waals surface area contributed by atoms with Crippen molar-refractivity contribution in [3.63, 3.8) is 0 Å². The summed E-state index contributed by atoms with van der Waals surface area (Å²) >= 11 is 1.20. The molecule has 0 bridgehead atoms. The molecule has 7 nitrogen and oxygen atoms in total. The van der Waals surface area contributed by atoms with E-state index in [9.17, 15) is 9.59 Å². The second-order valence-corrected chi connectivity index (χ2v) is 9.16. The number of thioether (sulfide) groups is 1. The number of benzene rings is 2. The summed E-state index contributed by atoms with van der Waals surface area (Å²) in [5, 5.41) is 14.5. The standard InChI is InChI=1S/C25H28N4O3S/c1-17(18-10-4-2-5-11-18)26-23(31)20-14-8-9-15-21(20)27-22(30)16-33-25-29-28-24(32-25)19-12-6-3-7-13-19/h2,4-5,8-11,14-15,17,19H,3,6-7,12-13,16H2,1H3,(H,26,31)(H,27,30). The maximum absolute atomic E-state index is 12.9. The number of nitrogens with zero attached hydrogens (tertiary/aromatic N) is 2. The summed E-state index contributed by atoms with van der Waals surface area (Å²) in [4.78, 5) is 25.4. The van der Waals surface area contributed by atoms with Crippen LogP contribution in [-0.4, -0.2) is 27.8 Å². The Morgan fingerprint density at radius 2 is 1.76 bits per heavy atom. The maximum atomic E-state index is 12.9. The summed E-state index contributed by atoms with van der Waals surface area (Å²) in [5.74, 6) is 0.630. The molecule has 0 saturated heterocycles. The van der Waals surface area contributed by atoms with Crippen molar-refractivity contribution in [2.75, 3.05) is 11.1 Å². The Kier molecular flexibility index (Phi) is 7.78. The molecule has 1 heterocycles. The fraction of sp³-hybridized carbons (Fsp3) is 0.360. The largest absolute Gasteiger partial charge is 0.416 e. The number of carbonyl (C=O) groups excluding carboxylic acids is 2. The average Bonchev–Trinajstić information content (AvgIpc) is 3.33. The van der Waals surface area contributed by atoms with Crippen LogP contribution in [0.3, 0.4) is 0 Å². The van der Waals surface area contributed by atoms with Crippen LogP contribution in [0, 0.1) is 0 Å². The van der Waals surface area contributed by atoms with Crippen molar-refractivity contribution in [3.05, 3.63) is 71.6 Å². The topological polar surface area (TPSA) is 97.1 Å². The molecule has 1 unspecified atom stereocenters. The van der Waals surface area contributed by atoms with Gasteiger partial charge in [0, 0.05) is 5.92 Å². The van der Waals surface area contributed by atoms with Gasteiger partial charge in [-0.25, -0.2) is 0 Å². The Hall–Kier alpha value is -3.13. The van der Waals surface area contributed by atoms with Crippen molar-refractivity contribution in [3.8, 4) is 0 Å². The second kappa shape index (κ2) is 11.1. The van der Waals surface area contributed by atoms with Crippen LogP contribution in [0.4, 0.5) is 5.69 Å². The molecule has 1 fully saturated rings. The number of hydrogen-bond acceptors (Lipinski definition) is 6. The minimum absolute atomic E-state index is 0.114. The van der Waals surface area contributed by atoms with Gasteiger partial charge in [-0.2, -0.15) is 0 Å². The van der Waals surface area contributed by atoms with E-state index in [1.54, 1.807) is 24.3 Å². The second-order valence-electron chi connectivity index (χ2n) is 8.23. The third-order valence-electron chi connectivity index (χ3n) is 5.80. The van der Waals surface area contributed by atoms with Crippen LogP contribution in [0.25, 0.3) is 0 Å². The summed E-state index contributed by atoms with van der Waals surface area (Å²) in [6, 6.07) is 16.6. The van der Waals surface area contributed by atoms with Crippen LogP contribution in [-0.2, 0) is 4.79 Å². The number of rotatable bonds is 8. The molecule has 1 atom stereocenters. The van der Waals surface area contributed by atoms with Crippen LogP contribution >= 0.6 is 11.8 Å². The van der Waals surface area contributed by atoms with E-state index < -0.39 is 0 Å². The zero-order valence-corrected chi connectivity index (χ0v) is 19.4. The molecule has 1 aliphatic rings. The molecule has 172 valence electrons. The number of anilines is 1. The minimum Gasteiger partial charge on any atom is -0.416 e. The van der Waals surface area contributed by atoms with Gasteiger partial charge in [0.15, 0.2) is 0 Å². The van der Waals surface area contributed by atoms with E-state index in [-0.39, 0.29) is 23.6 Å². The molecule has 1 aromatic heterocycles. The molecule has 2 aromatic carbocycles. The fourth-order valence-electron chi connectivity index (χ4n) is 4.00. The van der Waals surface area contributed by atoms with Crippen LogP contribution in [0.2, 0.25) is 0 Å². The van der Waals surface area contributed by atoms with Crippen LogP contribution in [0.5, 0.6) is 0 Å². The summed E-state index contributed by atoms with van der Waals surface area (Å²) in [5.41, 5.74) is 1.89. The molecule has 33 heavy (non-hydrogen) atoms. The minimum atomic E-state index is -0.246. The van der Waals surface area contributed by atoms with Gasteiger partial charge >= 0.3 is 0 Å². The van der Waals surface area contributed by atoms with E-state index in [0.29, 0.717) is 28.3 Å². The highest BCUT2D eigenvalue weighted by molar-refractivity contribution is 7.99. The number of aromatic nitrogens is 2. The number of carbonyl (C=O) groups is 2. The number of amides is 2. The highest BCUT2D eigenvalue weighted by Crippen LogP contribution is 2.33. The molecular weight excluding hydrogens is 436 g/mol. The highest BCUT2D eigenvalue weighted by atomic mass is 32.2. The fourth-order valence-corrected chi connectivity index (χ4v) is 4.57. The van der Waals surface area contributed by atoms with Gasteiger partial charge in [0.25, 0.3) is 11.1 Å². The molecule has 3 aromatic rings. The molecule has 1 aliphatic carbocycles. The lowest BCUT2D eigenvalue weighted by molar-refractivity contribution is -0.113. The molecule has 2 N–H and O–H groups in total. The number of nitrogens with one attached hydrogen (secondary N) is 2. The molecule has 0 aliphatic heterocycles. The van der Waals surface area contributed by atoms with Gasteiger partial charge in [0.05, 0.1) is 23.0 Å². The average molecular weight is 465 g/mol. The third kappa shape index (κ3) is 6.22. The molecule has 2 amide bonds. The first-order chi connectivity index (χ1) is 16.1. The van der Waals surface area contributed by atoms with E-state index in [1.807, 2.05) is 37.3 Å². The SMILES string of the molecule is CC(NC(=O)c1ccccc1NC(=O)CSc1nnc(C2CCCCC2)o1)c1ccccc1. The Labute approximate surface area is 197 Å². The quantitative estimate of drug-likeness (QED) is 0.437. The summed E-state index contributed by atoms with van der Waals surface area (Å²) < 4.78 is 5.77. The summed E-state index contributed by atoms with van der Waals surface area (Å²) in [6.45, 7) is 1.93. The van der Waals surface area contributed by atoms with Crippen LogP contribution in [0.1, 0.15) is 72.8 Å². The van der Waals surface area contributed by atoms with Gasteiger partial charge < -0.3 is 15.1 Å². The molecular formula is C25H28N4O3S. The van der Waals surface area contributed by atoms with Gasteiger partial charge in [0.1, 0.15) is 0 Å². The number of para-hydroxylation sites is 1. The van der Waals surface area contributed by atoms with E-state index in [1.165, 1.54) is 31.0 Å². The van der Waals surface area contributed by atoms with Crippen molar-refractivity contribution in [2.24, 2.45) is 0 Å². The smallest absolute Gasteiger partial charge is 0.277 e. The summed E-state index contributed by atoms with van der Waals surface area (Å²) in [7, 11) is 0. The monoisotopic (exact) mass is 464 g/mol. The molecule has 4 rings (SSSR count). The maximum Gasteiger partial charge on any atom is 0.277 e. The highest BCUT2D eigenvalue weighted by Gasteiger charge is 2.22. The molecule has 0 radical (unpaired) electrons. The van der Waals surface area contributed by atoms with Gasteiger partial charge in [-0.05, 0) is 37.5 Å². The zero-order chi connectivity index (χ0) is 23.0. The van der Waals surface area contributed by atoms with E-state index in [2.05, 4.69) is 20.8 Å². The predicted molar refractivity (Wildman–Crippen MR) is 128 cm³/mol. The van der Waals surface area contributed by atoms with Crippen molar-refractivity contribution in [1.29, 1.82) is 0 Å². The van der Waals surface area contributed by atoms with E-state index >= 15 is 0 Å². The lowest BCUT2D eigenvalue weighted by Gasteiger charge is -2.17. The first-order valence-corrected chi connectivity index (χ1v) is 12.3. The number of hydrogen-bond donors (Lipinski definition) is 2.